The molecule has 3 nitrogen and oxygen atoms in total. The second-order valence-corrected chi connectivity index (χ2v) is 5.46. The smallest absolute Gasteiger partial charge is 0.131 e. The van der Waals surface area contributed by atoms with Gasteiger partial charge in [0.2, 0.25) is 0 Å². The van der Waals surface area contributed by atoms with Crippen molar-refractivity contribution < 1.29 is 0 Å². The lowest BCUT2D eigenvalue weighted by Crippen LogP contribution is -2.00. The Balaban J connectivity index is 2.08. The number of nitrogens with one attached hydrogen (secondary N) is 1. The number of anilines is 1. The summed E-state index contributed by atoms with van der Waals surface area (Å²) in [6.07, 6.45) is 0.837. The van der Waals surface area contributed by atoms with Gasteiger partial charge in [-0.25, -0.2) is 9.97 Å². The summed E-state index contributed by atoms with van der Waals surface area (Å²) in [5, 5.41) is 4.82. The van der Waals surface area contributed by atoms with Gasteiger partial charge in [-0.1, -0.05) is 30.7 Å². The number of hydrogen-bond acceptors (Lipinski definition) is 4. The molecule has 0 bridgehead atoms. The Morgan fingerprint density at radius 2 is 1.95 bits per heavy atom. The number of halogens is 1. The van der Waals surface area contributed by atoms with E-state index in [1.165, 1.54) is 5.56 Å². The molecule has 1 aromatic heterocycles. The summed E-state index contributed by atoms with van der Waals surface area (Å²) in [5.74, 6) is 2.61. The largest absolute Gasteiger partial charge is 0.373 e. The van der Waals surface area contributed by atoms with Crippen LogP contribution in [-0.4, -0.2) is 17.0 Å². The first kappa shape index (κ1) is 14.2. The van der Waals surface area contributed by atoms with Crippen molar-refractivity contribution in [2.75, 3.05) is 12.4 Å². The fourth-order valence-corrected chi connectivity index (χ4v) is 2.57. The van der Waals surface area contributed by atoms with E-state index in [1.54, 1.807) is 11.8 Å². The van der Waals surface area contributed by atoms with Crippen molar-refractivity contribution in [3.05, 3.63) is 46.7 Å². The van der Waals surface area contributed by atoms with E-state index in [1.807, 2.05) is 37.4 Å². The predicted octanol–water partition coefficient (Wildman–Crippen LogP) is 4.03. The lowest BCUT2D eigenvalue weighted by Gasteiger charge is -2.06. The maximum absolute atomic E-state index is 5.87. The van der Waals surface area contributed by atoms with Gasteiger partial charge in [-0.15, -0.1) is 11.8 Å². The zero-order valence-electron chi connectivity index (χ0n) is 11.0. The quantitative estimate of drug-likeness (QED) is 0.667. The van der Waals surface area contributed by atoms with Crippen molar-refractivity contribution in [2.24, 2.45) is 0 Å². The first-order chi connectivity index (χ1) is 9.21. The Labute approximate surface area is 122 Å². The van der Waals surface area contributed by atoms with Crippen molar-refractivity contribution in [2.45, 2.75) is 24.1 Å². The van der Waals surface area contributed by atoms with Gasteiger partial charge in [0.05, 0.1) is 0 Å². The number of rotatable bonds is 5. The highest BCUT2D eigenvalue weighted by atomic mass is 35.5. The van der Waals surface area contributed by atoms with Crippen LogP contribution in [0.2, 0.25) is 5.02 Å². The summed E-state index contributed by atoms with van der Waals surface area (Å²) in [6.45, 7) is 2.06. The topological polar surface area (TPSA) is 37.8 Å². The Kier molecular flexibility index (Phi) is 5.05. The minimum Gasteiger partial charge on any atom is -0.373 e. The van der Waals surface area contributed by atoms with Crippen LogP contribution >= 0.6 is 23.4 Å². The summed E-state index contributed by atoms with van der Waals surface area (Å²) in [7, 11) is 1.87. The summed E-state index contributed by atoms with van der Waals surface area (Å²) in [4.78, 5) is 8.90. The van der Waals surface area contributed by atoms with Crippen LogP contribution in [0.15, 0.2) is 35.4 Å². The van der Waals surface area contributed by atoms with E-state index in [4.69, 9.17) is 11.6 Å². The van der Waals surface area contributed by atoms with E-state index in [9.17, 15) is 0 Å². The van der Waals surface area contributed by atoms with Gasteiger partial charge in [-0.3, -0.25) is 0 Å². The summed E-state index contributed by atoms with van der Waals surface area (Å²) >= 11 is 7.58. The van der Waals surface area contributed by atoms with Crippen LogP contribution in [0.3, 0.4) is 0 Å². The van der Waals surface area contributed by atoms with Crippen molar-refractivity contribution in [1.82, 2.24) is 9.97 Å². The molecule has 0 saturated carbocycles. The van der Waals surface area contributed by atoms with Crippen LogP contribution in [-0.2, 0) is 12.2 Å². The molecule has 2 aromatic rings. The van der Waals surface area contributed by atoms with Crippen LogP contribution < -0.4 is 5.32 Å². The standard InChI is InChI=1S/C14H16ClN3S/c1-3-12-17-13(16-2)8-14(18-12)19-9-10-4-6-11(15)7-5-10/h4-8H,3,9H2,1-2H3,(H,16,17,18). The Morgan fingerprint density at radius 1 is 1.21 bits per heavy atom. The highest BCUT2D eigenvalue weighted by Gasteiger charge is 2.04. The molecule has 1 aromatic carbocycles. The zero-order valence-corrected chi connectivity index (χ0v) is 12.6. The molecule has 2 rings (SSSR count). The number of benzene rings is 1. The number of aromatic nitrogens is 2. The van der Waals surface area contributed by atoms with Crippen LogP contribution in [0, 0.1) is 0 Å². The normalized spacial score (nSPS) is 10.5. The van der Waals surface area contributed by atoms with Gasteiger partial charge in [-0.05, 0) is 17.7 Å². The van der Waals surface area contributed by atoms with E-state index in [-0.39, 0.29) is 0 Å². The molecular formula is C14H16ClN3S. The fourth-order valence-electron chi connectivity index (χ4n) is 1.57. The Bertz CT molecular complexity index is 521. The van der Waals surface area contributed by atoms with Crippen LogP contribution in [0.25, 0.3) is 0 Å². The highest BCUT2D eigenvalue weighted by Crippen LogP contribution is 2.23. The van der Waals surface area contributed by atoms with Crippen molar-refractivity contribution >= 4 is 29.2 Å². The summed E-state index contributed by atoms with van der Waals surface area (Å²) in [5.41, 5.74) is 1.23. The molecule has 0 atom stereocenters. The molecule has 5 heteroatoms. The minimum absolute atomic E-state index is 0.765. The molecular weight excluding hydrogens is 278 g/mol. The fraction of sp³-hybridized carbons (Fsp3) is 0.286. The van der Waals surface area contributed by atoms with Crippen molar-refractivity contribution in [3.63, 3.8) is 0 Å². The average molecular weight is 294 g/mol. The molecule has 1 N–H and O–H groups in total. The number of hydrogen-bond donors (Lipinski definition) is 1. The van der Waals surface area contributed by atoms with Crippen molar-refractivity contribution in [3.8, 4) is 0 Å². The molecule has 0 saturated heterocycles. The lowest BCUT2D eigenvalue weighted by atomic mass is 10.2. The molecule has 0 unspecified atom stereocenters. The first-order valence-corrected chi connectivity index (χ1v) is 7.50. The molecule has 0 spiro atoms. The molecule has 0 aliphatic carbocycles. The molecule has 100 valence electrons. The molecule has 0 fully saturated rings. The lowest BCUT2D eigenvalue weighted by molar-refractivity contribution is 0.891. The molecule has 19 heavy (non-hydrogen) atoms. The Hall–Kier alpha value is -1.26. The molecule has 0 radical (unpaired) electrons. The van der Waals surface area contributed by atoms with Gasteiger partial charge in [0.25, 0.3) is 0 Å². The minimum atomic E-state index is 0.765. The van der Waals surface area contributed by atoms with Gasteiger partial charge < -0.3 is 5.32 Å². The third-order valence-corrected chi connectivity index (χ3v) is 3.86. The van der Waals surface area contributed by atoms with Gasteiger partial charge in [0, 0.05) is 30.3 Å². The second-order valence-electron chi connectivity index (χ2n) is 4.03. The van der Waals surface area contributed by atoms with E-state index in [2.05, 4.69) is 22.2 Å². The third-order valence-electron chi connectivity index (χ3n) is 2.62. The molecule has 1 heterocycles. The van der Waals surface area contributed by atoms with Gasteiger partial charge in [-0.2, -0.15) is 0 Å². The average Bonchev–Trinajstić information content (AvgIpc) is 2.46. The number of thioether (sulfide) groups is 1. The Morgan fingerprint density at radius 3 is 2.58 bits per heavy atom. The molecule has 0 aliphatic rings. The monoisotopic (exact) mass is 293 g/mol. The molecule has 0 amide bonds. The van der Waals surface area contributed by atoms with Crippen molar-refractivity contribution in [1.29, 1.82) is 0 Å². The SMILES string of the molecule is CCc1nc(NC)cc(SCc2ccc(Cl)cc2)n1. The van der Waals surface area contributed by atoms with E-state index >= 15 is 0 Å². The van der Waals surface area contributed by atoms with E-state index in [0.29, 0.717) is 0 Å². The second kappa shape index (κ2) is 6.78. The van der Waals surface area contributed by atoms with Gasteiger partial charge in [0.1, 0.15) is 16.7 Å². The zero-order chi connectivity index (χ0) is 13.7. The van der Waals surface area contributed by atoms with Gasteiger partial charge in [0.15, 0.2) is 0 Å². The number of nitrogens with zero attached hydrogens (tertiary/aromatic N) is 2. The predicted molar refractivity (Wildman–Crippen MR) is 82.0 cm³/mol. The third kappa shape index (κ3) is 4.11. The van der Waals surface area contributed by atoms with Crippen LogP contribution in [0.1, 0.15) is 18.3 Å². The van der Waals surface area contributed by atoms with Crippen LogP contribution in [0.5, 0.6) is 0 Å². The van der Waals surface area contributed by atoms with Crippen LogP contribution in [0.4, 0.5) is 5.82 Å². The van der Waals surface area contributed by atoms with E-state index in [0.717, 1.165) is 33.9 Å². The highest BCUT2D eigenvalue weighted by molar-refractivity contribution is 7.98. The number of aryl methyl sites for hydroxylation is 1. The summed E-state index contributed by atoms with van der Waals surface area (Å²) < 4.78 is 0. The first-order valence-electron chi connectivity index (χ1n) is 6.14. The van der Waals surface area contributed by atoms with E-state index < -0.39 is 0 Å². The summed E-state index contributed by atoms with van der Waals surface area (Å²) in [6, 6.07) is 9.87. The maximum atomic E-state index is 5.87. The van der Waals surface area contributed by atoms with Gasteiger partial charge >= 0.3 is 0 Å². The maximum Gasteiger partial charge on any atom is 0.131 e. The molecule has 0 aliphatic heterocycles.